The zero-order valence-electron chi connectivity index (χ0n) is 15.6. The standard InChI is InChI=1S/C20H22ClF3N2O2/c1-27-14-4-5-15(18(12-14)28-2)19(26-9-7-25-8-10-26)13-3-6-17(21)16(11-13)20(22,23)24/h3-6,11-12,19,25H,7-10H2,1-2H3. The highest BCUT2D eigenvalue weighted by Crippen LogP contribution is 2.41. The van der Waals surface area contributed by atoms with Gasteiger partial charge in [-0.05, 0) is 29.8 Å². The van der Waals surface area contributed by atoms with Gasteiger partial charge in [0.25, 0.3) is 0 Å². The molecular formula is C20H22ClF3N2O2. The Kier molecular flexibility index (Phi) is 6.37. The maximum atomic E-state index is 13.4. The van der Waals surface area contributed by atoms with Crippen LogP contribution in [0, 0.1) is 0 Å². The van der Waals surface area contributed by atoms with Crippen molar-refractivity contribution in [3.05, 3.63) is 58.1 Å². The monoisotopic (exact) mass is 414 g/mol. The van der Waals surface area contributed by atoms with Gasteiger partial charge < -0.3 is 14.8 Å². The molecule has 1 aliphatic rings. The summed E-state index contributed by atoms with van der Waals surface area (Å²) in [5, 5.41) is 2.96. The number of nitrogens with one attached hydrogen (secondary N) is 1. The molecule has 8 heteroatoms. The van der Waals surface area contributed by atoms with Crippen LogP contribution in [0.5, 0.6) is 11.5 Å². The van der Waals surface area contributed by atoms with Gasteiger partial charge in [0.15, 0.2) is 0 Å². The summed E-state index contributed by atoms with van der Waals surface area (Å²) in [6.07, 6.45) is -4.52. The predicted octanol–water partition coefficient (Wildman–Crippen LogP) is 4.37. The Labute approximate surface area is 167 Å². The third-order valence-corrected chi connectivity index (χ3v) is 5.19. The molecule has 152 valence electrons. The van der Waals surface area contributed by atoms with Crippen LogP contribution in [0.4, 0.5) is 13.2 Å². The number of methoxy groups -OCH3 is 2. The second kappa shape index (κ2) is 8.59. The molecule has 4 nitrogen and oxygen atoms in total. The molecule has 1 N–H and O–H groups in total. The van der Waals surface area contributed by atoms with Gasteiger partial charge >= 0.3 is 6.18 Å². The number of hydrogen-bond donors (Lipinski definition) is 1. The first-order valence-corrected chi connectivity index (χ1v) is 9.26. The van der Waals surface area contributed by atoms with E-state index in [1.165, 1.54) is 13.2 Å². The summed E-state index contributed by atoms with van der Waals surface area (Å²) in [5.74, 6) is 1.18. The minimum atomic E-state index is -4.52. The van der Waals surface area contributed by atoms with Gasteiger partial charge in [-0.2, -0.15) is 13.2 Å². The average Bonchev–Trinajstić information content (AvgIpc) is 2.69. The van der Waals surface area contributed by atoms with Gasteiger partial charge in [0.2, 0.25) is 0 Å². The van der Waals surface area contributed by atoms with Crippen molar-refractivity contribution in [2.24, 2.45) is 0 Å². The maximum Gasteiger partial charge on any atom is 0.417 e. The van der Waals surface area contributed by atoms with Gasteiger partial charge in [0.05, 0.1) is 30.8 Å². The third kappa shape index (κ3) is 4.37. The van der Waals surface area contributed by atoms with Gasteiger partial charge in [-0.3, -0.25) is 4.90 Å². The van der Waals surface area contributed by atoms with E-state index in [0.29, 0.717) is 30.2 Å². The first-order valence-electron chi connectivity index (χ1n) is 8.88. The van der Waals surface area contributed by atoms with Crippen LogP contribution in [-0.4, -0.2) is 45.3 Å². The molecule has 0 bridgehead atoms. The van der Waals surface area contributed by atoms with Crippen molar-refractivity contribution in [1.29, 1.82) is 0 Å². The molecule has 0 aromatic heterocycles. The van der Waals surface area contributed by atoms with Crippen molar-refractivity contribution in [3.8, 4) is 11.5 Å². The minimum absolute atomic E-state index is 0.308. The summed E-state index contributed by atoms with van der Waals surface area (Å²) in [5.41, 5.74) is 0.460. The number of rotatable bonds is 5. The fraction of sp³-hybridized carbons (Fsp3) is 0.400. The molecule has 1 unspecified atom stereocenters. The van der Waals surface area contributed by atoms with Crippen molar-refractivity contribution >= 4 is 11.6 Å². The predicted molar refractivity (Wildman–Crippen MR) is 102 cm³/mol. The van der Waals surface area contributed by atoms with Gasteiger partial charge in [-0.15, -0.1) is 0 Å². The summed E-state index contributed by atoms with van der Waals surface area (Å²) in [4.78, 5) is 2.14. The third-order valence-electron chi connectivity index (χ3n) is 4.86. The Morgan fingerprint density at radius 1 is 1.04 bits per heavy atom. The van der Waals surface area contributed by atoms with E-state index in [-0.39, 0.29) is 5.02 Å². The lowest BCUT2D eigenvalue weighted by molar-refractivity contribution is -0.137. The fourth-order valence-corrected chi connectivity index (χ4v) is 3.73. The molecule has 1 fully saturated rings. The zero-order chi connectivity index (χ0) is 20.3. The van der Waals surface area contributed by atoms with Crippen molar-refractivity contribution in [2.75, 3.05) is 40.4 Å². The van der Waals surface area contributed by atoms with E-state index in [9.17, 15) is 13.2 Å². The van der Waals surface area contributed by atoms with Crippen molar-refractivity contribution in [3.63, 3.8) is 0 Å². The fourth-order valence-electron chi connectivity index (χ4n) is 3.50. The molecule has 2 aromatic rings. The Hall–Kier alpha value is -1.96. The highest BCUT2D eigenvalue weighted by atomic mass is 35.5. The van der Waals surface area contributed by atoms with Crippen LogP contribution in [0.15, 0.2) is 36.4 Å². The van der Waals surface area contributed by atoms with Crippen LogP contribution in [0.2, 0.25) is 5.02 Å². The van der Waals surface area contributed by atoms with Gasteiger partial charge in [0.1, 0.15) is 11.5 Å². The van der Waals surface area contributed by atoms with Crippen LogP contribution in [-0.2, 0) is 6.18 Å². The van der Waals surface area contributed by atoms with Crippen LogP contribution < -0.4 is 14.8 Å². The molecule has 0 amide bonds. The van der Waals surface area contributed by atoms with E-state index < -0.39 is 17.8 Å². The molecule has 28 heavy (non-hydrogen) atoms. The number of hydrogen-bond acceptors (Lipinski definition) is 4. The molecule has 2 aromatic carbocycles. The van der Waals surface area contributed by atoms with E-state index in [1.54, 1.807) is 25.3 Å². The lowest BCUT2D eigenvalue weighted by atomic mass is 9.94. The molecule has 1 atom stereocenters. The quantitative estimate of drug-likeness (QED) is 0.787. The lowest BCUT2D eigenvalue weighted by Crippen LogP contribution is -2.45. The van der Waals surface area contributed by atoms with Gasteiger partial charge in [0, 0.05) is 37.8 Å². The number of piperazine rings is 1. The zero-order valence-corrected chi connectivity index (χ0v) is 16.4. The van der Waals surface area contributed by atoms with Gasteiger partial charge in [-0.1, -0.05) is 17.7 Å². The summed E-state index contributed by atoms with van der Waals surface area (Å²) in [7, 11) is 3.09. The molecule has 0 aliphatic carbocycles. The first-order chi connectivity index (χ1) is 13.3. The van der Waals surface area contributed by atoms with Crippen LogP contribution in [0.25, 0.3) is 0 Å². The summed E-state index contributed by atoms with van der Waals surface area (Å²) in [6.45, 7) is 2.91. The Morgan fingerprint density at radius 2 is 1.75 bits per heavy atom. The molecule has 0 spiro atoms. The van der Waals surface area contributed by atoms with E-state index in [0.717, 1.165) is 24.7 Å². The second-order valence-corrected chi connectivity index (χ2v) is 6.94. The molecular weight excluding hydrogens is 393 g/mol. The van der Waals surface area contributed by atoms with E-state index in [2.05, 4.69) is 10.2 Å². The van der Waals surface area contributed by atoms with Crippen LogP contribution >= 0.6 is 11.6 Å². The number of halogens is 4. The molecule has 0 radical (unpaired) electrons. The Morgan fingerprint density at radius 3 is 2.36 bits per heavy atom. The first kappa shape index (κ1) is 20.8. The lowest BCUT2D eigenvalue weighted by Gasteiger charge is -2.36. The van der Waals surface area contributed by atoms with Crippen molar-refractivity contribution in [1.82, 2.24) is 10.2 Å². The highest BCUT2D eigenvalue weighted by Gasteiger charge is 2.35. The smallest absolute Gasteiger partial charge is 0.417 e. The normalized spacial score (nSPS) is 16.6. The number of nitrogens with zero attached hydrogens (tertiary/aromatic N) is 1. The van der Waals surface area contributed by atoms with Crippen molar-refractivity contribution < 1.29 is 22.6 Å². The topological polar surface area (TPSA) is 33.7 Å². The summed E-state index contributed by atoms with van der Waals surface area (Å²) < 4.78 is 51.1. The molecule has 1 heterocycles. The Bertz CT molecular complexity index is 824. The van der Waals surface area contributed by atoms with Crippen LogP contribution in [0.3, 0.4) is 0 Å². The molecule has 1 aliphatic heterocycles. The highest BCUT2D eigenvalue weighted by molar-refractivity contribution is 6.31. The van der Waals surface area contributed by atoms with Crippen LogP contribution in [0.1, 0.15) is 22.7 Å². The Balaban J connectivity index is 2.14. The molecule has 1 saturated heterocycles. The van der Waals surface area contributed by atoms with Crippen molar-refractivity contribution in [2.45, 2.75) is 12.2 Å². The maximum absolute atomic E-state index is 13.4. The largest absolute Gasteiger partial charge is 0.497 e. The van der Waals surface area contributed by atoms with E-state index in [4.69, 9.17) is 21.1 Å². The average molecular weight is 415 g/mol. The van der Waals surface area contributed by atoms with E-state index in [1.807, 2.05) is 6.07 Å². The molecule has 0 saturated carbocycles. The second-order valence-electron chi connectivity index (χ2n) is 6.53. The number of ether oxygens (including phenoxy) is 2. The number of alkyl halides is 3. The summed E-state index contributed by atoms with van der Waals surface area (Å²) in [6, 6.07) is 9.06. The van der Waals surface area contributed by atoms with E-state index >= 15 is 0 Å². The molecule has 3 rings (SSSR count). The minimum Gasteiger partial charge on any atom is -0.497 e. The van der Waals surface area contributed by atoms with Gasteiger partial charge in [-0.25, -0.2) is 0 Å². The summed E-state index contributed by atoms with van der Waals surface area (Å²) >= 11 is 5.83. The number of benzene rings is 2. The SMILES string of the molecule is COc1ccc(C(c2ccc(Cl)c(C(F)(F)F)c2)N2CCNCC2)c(OC)c1.